The van der Waals surface area contributed by atoms with Crippen LogP contribution in [0.5, 0.6) is 0 Å². The first-order valence-corrected chi connectivity index (χ1v) is 14.6. The number of amides is 1. The van der Waals surface area contributed by atoms with Gasteiger partial charge < -0.3 is 19.5 Å². The summed E-state index contributed by atoms with van der Waals surface area (Å²) >= 11 is 1.85. The number of anilines is 1. The number of ether oxygens (including phenoxy) is 3. The molecule has 1 aliphatic heterocycles. The molecule has 0 saturated heterocycles. The number of thiophene rings is 2. The van der Waals surface area contributed by atoms with Gasteiger partial charge in [-0.05, 0) is 35.1 Å². The van der Waals surface area contributed by atoms with E-state index in [1.807, 2.05) is 6.07 Å². The predicted octanol–water partition coefficient (Wildman–Crippen LogP) is 2.99. The highest BCUT2D eigenvalue weighted by Gasteiger charge is 2.41. The Bertz CT molecular complexity index is 1530. The molecular formula is C25H24N2O9S3. The molecule has 3 heterocycles. The predicted molar refractivity (Wildman–Crippen MR) is 142 cm³/mol. The largest absolute Gasteiger partial charge is 0.465 e. The second-order valence-electron chi connectivity index (χ2n) is 8.37. The van der Waals surface area contributed by atoms with Gasteiger partial charge in [0.15, 0.2) is 6.61 Å². The molecule has 39 heavy (non-hydrogen) atoms. The molecule has 3 aromatic rings. The number of hydrogen-bond acceptors (Lipinski definition) is 11. The van der Waals surface area contributed by atoms with E-state index >= 15 is 0 Å². The van der Waals surface area contributed by atoms with Crippen LogP contribution in [0.4, 0.5) is 5.00 Å². The van der Waals surface area contributed by atoms with Crippen molar-refractivity contribution < 1.29 is 41.8 Å². The molecule has 1 atom stereocenters. The van der Waals surface area contributed by atoms with E-state index in [4.69, 9.17) is 14.2 Å². The third-order valence-electron chi connectivity index (χ3n) is 6.04. The van der Waals surface area contributed by atoms with Gasteiger partial charge in [0.1, 0.15) is 20.1 Å². The summed E-state index contributed by atoms with van der Waals surface area (Å²) < 4.78 is 42.6. The zero-order valence-corrected chi connectivity index (χ0v) is 23.5. The number of methoxy groups -OCH3 is 2. The van der Waals surface area contributed by atoms with Crippen LogP contribution in [0.15, 0.2) is 46.0 Å². The smallest absolute Gasteiger partial charge is 0.348 e. The van der Waals surface area contributed by atoms with Crippen LogP contribution >= 0.6 is 22.7 Å². The SMILES string of the molecule is COC(=O)c1sc(NC(=O)COC(=O)C2Cc3ccccc3CN2S(=O)(=O)c2cccs2)c(C(=O)OC)c1C. The molecule has 0 fully saturated rings. The van der Waals surface area contributed by atoms with Crippen LogP contribution in [-0.4, -0.2) is 63.4 Å². The number of carbonyl (C=O) groups is 4. The fraction of sp³-hybridized carbons (Fsp3) is 0.280. The lowest BCUT2D eigenvalue weighted by molar-refractivity contribution is -0.151. The number of esters is 3. The molecule has 1 aliphatic rings. The first-order chi connectivity index (χ1) is 18.6. The molecule has 1 amide bonds. The van der Waals surface area contributed by atoms with E-state index in [1.165, 1.54) is 20.1 Å². The molecule has 1 aromatic carbocycles. The van der Waals surface area contributed by atoms with E-state index in [-0.39, 0.29) is 38.2 Å². The molecule has 0 saturated carbocycles. The number of hydrogen-bond donors (Lipinski definition) is 1. The molecule has 0 aliphatic carbocycles. The molecule has 1 unspecified atom stereocenters. The number of rotatable bonds is 8. The Balaban J connectivity index is 1.53. The van der Waals surface area contributed by atoms with Gasteiger partial charge >= 0.3 is 17.9 Å². The van der Waals surface area contributed by atoms with Crippen molar-refractivity contribution in [1.82, 2.24) is 4.31 Å². The number of nitrogens with zero attached hydrogens (tertiary/aromatic N) is 1. The maximum atomic E-state index is 13.4. The van der Waals surface area contributed by atoms with Crippen LogP contribution in [0.1, 0.15) is 36.7 Å². The van der Waals surface area contributed by atoms with E-state index in [9.17, 15) is 27.6 Å². The number of benzene rings is 1. The van der Waals surface area contributed by atoms with E-state index in [2.05, 4.69) is 5.32 Å². The molecular weight excluding hydrogens is 568 g/mol. The Hall–Kier alpha value is -3.59. The van der Waals surface area contributed by atoms with Crippen molar-refractivity contribution in [1.29, 1.82) is 0 Å². The topological polar surface area (TPSA) is 145 Å². The van der Waals surface area contributed by atoms with Crippen molar-refractivity contribution in [3.05, 3.63) is 68.9 Å². The highest BCUT2D eigenvalue weighted by Crippen LogP contribution is 2.34. The summed E-state index contributed by atoms with van der Waals surface area (Å²) in [6, 6.07) is 9.06. The molecule has 4 rings (SSSR count). The lowest BCUT2D eigenvalue weighted by atomic mass is 9.96. The van der Waals surface area contributed by atoms with Crippen molar-refractivity contribution in [2.24, 2.45) is 0 Å². The summed E-state index contributed by atoms with van der Waals surface area (Å²) in [4.78, 5) is 50.3. The molecule has 2 aromatic heterocycles. The Morgan fingerprint density at radius 1 is 1.03 bits per heavy atom. The van der Waals surface area contributed by atoms with E-state index in [0.29, 0.717) is 0 Å². The zero-order chi connectivity index (χ0) is 28.3. The molecule has 206 valence electrons. The number of nitrogens with one attached hydrogen (secondary N) is 1. The lowest BCUT2D eigenvalue weighted by Gasteiger charge is -2.34. The molecule has 11 nitrogen and oxygen atoms in total. The number of sulfonamides is 1. The van der Waals surface area contributed by atoms with Crippen LogP contribution in [0.2, 0.25) is 0 Å². The molecule has 0 bridgehead atoms. The molecule has 0 radical (unpaired) electrons. The Labute approximate surface area is 232 Å². The monoisotopic (exact) mass is 592 g/mol. The summed E-state index contributed by atoms with van der Waals surface area (Å²) in [7, 11) is -1.68. The summed E-state index contributed by atoms with van der Waals surface area (Å²) in [6.45, 7) is 0.721. The normalized spacial score (nSPS) is 15.2. The van der Waals surface area contributed by atoms with Gasteiger partial charge in [-0.1, -0.05) is 30.3 Å². The van der Waals surface area contributed by atoms with Gasteiger partial charge in [-0.25, -0.2) is 18.0 Å². The summed E-state index contributed by atoms with van der Waals surface area (Å²) in [5, 5.41) is 4.12. The minimum Gasteiger partial charge on any atom is -0.465 e. The van der Waals surface area contributed by atoms with Crippen molar-refractivity contribution >= 4 is 61.5 Å². The summed E-state index contributed by atoms with van der Waals surface area (Å²) in [5.74, 6) is -3.17. The maximum absolute atomic E-state index is 13.4. The van der Waals surface area contributed by atoms with Crippen LogP contribution in [0.3, 0.4) is 0 Å². The van der Waals surface area contributed by atoms with Crippen molar-refractivity contribution in [3.63, 3.8) is 0 Å². The quantitative estimate of drug-likeness (QED) is 0.308. The van der Waals surface area contributed by atoms with E-state index in [0.717, 1.165) is 45.2 Å². The lowest BCUT2D eigenvalue weighted by Crippen LogP contribution is -2.49. The van der Waals surface area contributed by atoms with Gasteiger partial charge in [0.25, 0.3) is 15.9 Å². The third kappa shape index (κ3) is 5.73. The first kappa shape index (κ1) is 28.4. The van der Waals surface area contributed by atoms with Gasteiger partial charge in [0.2, 0.25) is 0 Å². The molecule has 14 heteroatoms. The summed E-state index contributed by atoms with van der Waals surface area (Å²) in [5.41, 5.74) is 1.80. The van der Waals surface area contributed by atoms with Gasteiger partial charge in [-0.15, -0.1) is 22.7 Å². The van der Waals surface area contributed by atoms with Crippen LogP contribution in [0.25, 0.3) is 0 Å². The maximum Gasteiger partial charge on any atom is 0.348 e. The van der Waals surface area contributed by atoms with E-state index < -0.39 is 46.5 Å². The zero-order valence-electron chi connectivity index (χ0n) is 21.1. The second-order valence-corrected chi connectivity index (χ2v) is 12.5. The van der Waals surface area contributed by atoms with Crippen LogP contribution in [-0.2, 0) is 46.8 Å². The minimum absolute atomic E-state index is 0.0225. The molecule has 0 spiro atoms. The Kier molecular flexibility index (Phi) is 8.49. The average molecular weight is 593 g/mol. The average Bonchev–Trinajstić information content (AvgIpc) is 3.59. The highest BCUT2D eigenvalue weighted by atomic mass is 32.2. The Morgan fingerprint density at radius 3 is 2.36 bits per heavy atom. The number of carbonyl (C=O) groups excluding carboxylic acids is 4. The van der Waals surface area contributed by atoms with Crippen LogP contribution < -0.4 is 5.32 Å². The van der Waals surface area contributed by atoms with Gasteiger partial charge in [0, 0.05) is 13.0 Å². The van der Waals surface area contributed by atoms with Gasteiger partial charge in [0.05, 0.1) is 19.8 Å². The van der Waals surface area contributed by atoms with E-state index in [1.54, 1.807) is 29.6 Å². The van der Waals surface area contributed by atoms with Crippen molar-refractivity contribution in [3.8, 4) is 0 Å². The fourth-order valence-corrected chi connectivity index (χ4v) is 7.91. The van der Waals surface area contributed by atoms with Crippen molar-refractivity contribution in [2.45, 2.75) is 30.1 Å². The van der Waals surface area contributed by atoms with Crippen LogP contribution in [0, 0.1) is 6.92 Å². The van der Waals surface area contributed by atoms with Gasteiger partial charge in [-0.2, -0.15) is 4.31 Å². The highest BCUT2D eigenvalue weighted by molar-refractivity contribution is 7.91. The minimum atomic E-state index is -4.02. The van der Waals surface area contributed by atoms with Gasteiger partial charge in [-0.3, -0.25) is 9.59 Å². The van der Waals surface area contributed by atoms with Crippen molar-refractivity contribution in [2.75, 3.05) is 26.1 Å². The second kappa shape index (κ2) is 11.7. The third-order valence-corrected chi connectivity index (χ3v) is 10.5. The summed E-state index contributed by atoms with van der Waals surface area (Å²) in [6.07, 6.45) is 0.0698. The number of fused-ring (bicyclic) bond motifs is 1. The molecule has 1 N–H and O–H groups in total. The standard InChI is InChI=1S/C25H24N2O9S3/c1-14-20(24(30)34-2)22(38-21(14)25(31)35-3)26-18(28)13-36-23(29)17-11-15-7-4-5-8-16(15)12-27(17)39(32,33)19-9-6-10-37-19/h4-10,17H,11-13H2,1-3H3,(H,26,28). The fourth-order valence-electron chi connectivity index (χ4n) is 4.11. The first-order valence-electron chi connectivity index (χ1n) is 11.5. The Morgan fingerprint density at radius 2 is 1.72 bits per heavy atom.